The second-order valence-electron chi connectivity index (χ2n) is 9.21. The first-order valence-corrected chi connectivity index (χ1v) is 11.9. The number of nitrogen functional groups attached to an aromatic ring is 1. The summed E-state index contributed by atoms with van der Waals surface area (Å²) in [5.74, 6) is -1.69. The number of hydrogen-bond donors (Lipinski definition) is 1. The Labute approximate surface area is 208 Å². The third-order valence-corrected chi connectivity index (χ3v) is 6.79. The van der Waals surface area contributed by atoms with Crippen LogP contribution < -0.4 is 15.6 Å². The Balaban J connectivity index is 0.000000454. The van der Waals surface area contributed by atoms with Gasteiger partial charge in [0.25, 0.3) is 0 Å². The number of hydrogen-bond acceptors (Lipinski definition) is 6. The number of ether oxygens (including phenoxy) is 2. The van der Waals surface area contributed by atoms with Crippen LogP contribution in [0.3, 0.4) is 0 Å². The van der Waals surface area contributed by atoms with E-state index in [1.807, 2.05) is 54.6 Å². The summed E-state index contributed by atoms with van der Waals surface area (Å²) in [5, 5.41) is 8.78. The van der Waals surface area contributed by atoms with Gasteiger partial charge in [0.15, 0.2) is 6.10 Å². The molecule has 196 valence electrons. The lowest BCUT2D eigenvalue weighted by atomic mass is 9.83. The third-order valence-electron chi connectivity index (χ3n) is 6.79. The summed E-state index contributed by atoms with van der Waals surface area (Å²) in [6.45, 7) is 4.91. The smallest absolute Gasteiger partial charge is 0.430 e. The molecule has 3 saturated heterocycles. The average Bonchev–Trinajstić information content (AvgIpc) is 2.85. The second kappa shape index (κ2) is 12.1. The van der Waals surface area contributed by atoms with E-state index in [1.165, 1.54) is 0 Å². The number of alkyl halides is 3. The van der Waals surface area contributed by atoms with Crippen molar-refractivity contribution in [3.63, 3.8) is 0 Å². The van der Waals surface area contributed by atoms with Crippen LogP contribution in [0.25, 0.3) is 0 Å². The molecule has 10 heteroatoms. The molecule has 7 nitrogen and oxygen atoms in total. The highest BCUT2D eigenvalue weighted by Crippen LogP contribution is 2.35. The molecule has 3 aliphatic heterocycles. The third kappa shape index (κ3) is 7.87. The van der Waals surface area contributed by atoms with Crippen LogP contribution in [0.5, 0.6) is 5.75 Å². The fourth-order valence-electron chi connectivity index (χ4n) is 4.77. The molecule has 36 heavy (non-hydrogen) atoms. The zero-order valence-electron chi connectivity index (χ0n) is 19.9. The van der Waals surface area contributed by atoms with Gasteiger partial charge in [-0.1, -0.05) is 36.4 Å². The number of anilines is 1. The summed E-state index contributed by atoms with van der Waals surface area (Å²) >= 11 is 0. The Kier molecular flexibility index (Phi) is 9.19. The quantitative estimate of drug-likeness (QED) is 0.334. The van der Waals surface area contributed by atoms with Crippen molar-refractivity contribution in [2.24, 2.45) is 5.92 Å². The molecule has 3 fully saturated rings. The highest BCUT2D eigenvalue weighted by atomic mass is 19.4. The van der Waals surface area contributed by atoms with Crippen LogP contribution >= 0.6 is 0 Å². The summed E-state index contributed by atoms with van der Waals surface area (Å²) < 4.78 is 44.4. The van der Waals surface area contributed by atoms with E-state index in [4.69, 9.17) is 25.1 Å². The maximum Gasteiger partial charge on any atom is 0.430 e. The van der Waals surface area contributed by atoms with Crippen LogP contribution in [0.1, 0.15) is 24.8 Å². The van der Waals surface area contributed by atoms with Gasteiger partial charge in [-0.15, -0.1) is 0 Å². The highest BCUT2D eigenvalue weighted by molar-refractivity contribution is 5.71. The Bertz CT molecular complexity index is 1010. The zero-order valence-corrected chi connectivity index (χ0v) is 19.9. The first-order valence-electron chi connectivity index (χ1n) is 11.9. The van der Waals surface area contributed by atoms with Gasteiger partial charge >= 0.3 is 12.1 Å². The minimum Gasteiger partial charge on any atom is -0.542 e. The lowest BCUT2D eigenvalue weighted by molar-refractivity contribution is -0.946. The molecule has 0 amide bonds. The number of para-hydroxylation sites is 2. The first kappa shape index (κ1) is 27.3. The molecule has 2 aromatic rings. The molecule has 0 spiro atoms. The molecule has 0 unspecified atom stereocenters. The van der Waals surface area contributed by atoms with Gasteiger partial charge in [-0.05, 0) is 30.2 Å². The number of carboxylic acids is 1. The Morgan fingerprint density at radius 1 is 1.03 bits per heavy atom. The van der Waals surface area contributed by atoms with Crippen LogP contribution in [-0.2, 0) is 20.7 Å². The van der Waals surface area contributed by atoms with Gasteiger partial charge in [-0.3, -0.25) is 4.79 Å². The van der Waals surface area contributed by atoms with Crippen molar-refractivity contribution in [3.8, 4) is 5.75 Å². The van der Waals surface area contributed by atoms with Crippen LogP contribution in [0, 0.1) is 5.92 Å². The maximum atomic E-state index is 12.5. The first-order chi connectivity index (χ1) is 17.1. The summed E-state index contributed by atoms with van der Waals surface area (Å²) in [4.78, 5) is 21.3. The number of aryl methyl sites for hydroxylation is 1. The minimum atomic E-state index is -5.19. The van der Waals surface area contributed by atoms with Crippen LogP contribution in [-0.4, -0.2) is 61.5 Å². The summed E-state index contributed by atoms with van der Waals surface area (Å²) in [7, 11) is 0. The number of carbonyl (C=O) groups is 2. The van der Waals surface area contributed by atoms with Gasteiger partial charge in [-0.2, -0.15) is 13.2 Å². The SMILES string of the molecule is Nc1ccccc1CCC(=O)O[C@H]1C[N+]2(CCOc3ccccc3)CCC1CC2.O=C([O-])C(F)(F)F. The molecule has 1 atom stereocenters. The molecule has 3 aliphatic rings. The van der Waals surface area contributed by atoms with Crippen molar-refractivity contribution >= 4 is 17.6 Å². The van der Waals surface area contributed by atoms with Crippen molar-refractivity contribution in [2.75, 3.05) is 38.5 Å². The van der Waals surface area contributed by atoms with Crippen molar-refractivity contribution in [1.82, 2.24) is 0 Å². The molecule has 0 aromatic heterocycles. The van der Waals surface area contributed by atoms with Gasteiger partial charge in [0.05, 0.1) is 13.1 Å². The molecule has 5 rings (SSSR count). The van der Waals surface area contributed by atoms with E-state index in [0.717, 1.165) is 60.5 Å². The molecule has 2 N–H and O–H groups in total. The maximum absolute atomic E-state index is 12.5. The van der Waals surface area contributed by atoms with E-state index in [2.05, 4.69) is 0 Å². The number of quaternary nitrogens is 1. The number of esters is 1. The predicted octanol–water partition coefficient (Wildman–Crippen LogP) is 2.73. The number of nitrogens with zero attached hydrogens (tertiary/aromatic N) is 1. The van der Waals surface area contributed by atoms with Crippen LogP contribution in [0.4, 0.5) is 18.9 Å². The summed E-state index contributed by atoms with van der Waals surface area (Å²) in [6.07, 6.45) is -1.87. The van der Waals surface area contributed by atoms with Crippen molar-refractivity contribution in [1.29, 1.82) is 0 Å². The zero-order chi connectivity index (χ0) is 26.2. The molecule has 0 radical (unpaired) electrons. The van der Waals surface area contributed by atoms with E-state index >= 15 is 0 Å². The van der Waals surface area contributed by atoms with Gasteiger partial charge in [0.1, 0.15) is 31.4 Å². The molecule has 2 aromatic carbocycles. The second-order valence-corrected chi connectivity index (χ2v) is 9.21. The monoisotopic (exact) mass is 508 g/mol. The standard InChI is InChI=1S/C24H31N2O3.C2HF3O2/c25-22-9-5-4-6-19(22)10-11-24(27)29-23-18-26(14-12-20(23)13-15-26)16-17-28-21-7-2-1-3-8-21;3-2(4,5)1(6)7/h1-9,20,23H,10-18,25H2;(H,6,7)/q+1;/p-1/t20?,23-,26?;/m0./s1. The lowest BCUT2D eigenvalue weighted by Gasteiger charge is -2.51. The molecule has 0 aliphatic carbocycles. The number of aliphatic carboxylic acids is 1. The van der Waals surface area contributed by atoms with Gasteiger partial charge in [0, 0.05) is 30.9 Å². The van der Waals surface area contributed by atoms with Crippen molar-refractivity contribution < 1.29 is 41.8 Å². The fraction of sp³-hybridized carbons (Fsp3) is 0.462. The summed E-state index contributed by atoms with van der Waals surface area (Å²) in [6, 6.07) is 17.7. The number of piperidine rings is 3. The Morgan fingerprint density at radius 3 is 2.25 bits per heavy atom. The molecule has 2 bridgehead atoms. The number of fused-ring (bicyclic) bond motifs is 3. The number of nitrogens with two attached hydrogens (primary N) is 1. The number of halogens is 3. The minimum absolute atomic E-state index is 0.0369. The number of carbonyl (C=O) groups excluding carboxylic acids is 2. The van der Waals surface area contributed by atoms with Gasteiger partial charge in [-0.25, -0.2) is 0 Å². The highest BCUT2D eigenvalue weighted by Gasteiger charge is 2.47. The van der Waals surface area contributed by atoms with E-state index < -0.39 is 12.1 Å². The van der Waals surface area contributed by atoms with Crippen molar-refractivity contribution in [3.05, 3.63) is 60.2 Å². The van der Waals surface area contributed by atoms with Crippen LogP contribution in [0.2, 0.25) is 0 Å². The van der Waals surface area contributed by atoms with Crippen molar-refractivity contribution in [2.45, 2.75) is 38.0 Å². The average molecular weight is 509 g/mol. The fourth-order valence-corrected chi connectivity index (χ4v) is 4.77. The van der Waals surface area contributed by atoms with Crippen LogP contribution in [0.15, 0.2) is 54.6 Å². The molecular formula is C26H31F3N2O5. The number of benzene rings is 2. The van der Waals surface area contributed by atoms with E-state index in [-0.39, 0.29) is 12.1 Å². The lowest BCUT2D eigenvalue weighted by Crippen LogP contribution is -2.65. The normalized spacial score (nSPS) is 22.8. The van der Waals surface area contributed by atoms with Gasteiger partial charge < -0.3 is 29.6 Å². The molecule has 3 heterocycles. The summed E-state index contributed by atoms with van der Waals surface area (Å²) in [5.41, 5.74) is 7.74. The number of carboxylic acid groups (broad SMARTS) is 1. The van der Waals surface area contributed by atoms with E-state index in [9.17, 15) is 18.0 Å². The Morgan fingerprint density at radius 2 is 1.64 bits per heavy atom. The van der Waals surface area contributed by atoms with E-state index in [0.29, 0.717) is 25.4 Å². The molecule has 0 saturated carbocycles. The van der Waals surface area contributed by atoms with E-state index in [1.54, 1.807) is 0 Å². The van der Waals surface area contributed by atoms with Gasteiger partial charge in [0.2, 0.25) is 0 Å². The topological polar surface area (TPSA) is 102 Å². The number of rotatable bonds is 8. The largest absolute Gasteiger partial charge is 0.542 e. The predicted molar refractivity (Wildman–Crippen MR) is 125 cm³/mol. The Hall–Kier alpha value is -3.27. The molecular weight excluding hydrogens is 477 g/mol.